The third kappa shape index (κ3) is 6.02. The van der Waals surface area contributed by atoms with Gasteiger partial charge < -0.3 is 10.1 Å². The Hall–Kier alpha value is -2.97. The standard InChI is InChI=1S/C24H17Cl3N2O2/c1-15-6-8-20(9-7-15)29-24(30)18(13-28)10-17-11-19(25)12-22(27)23(17)31-14-16-4-2-3-5-21(16)26/h2-12H,14H2,1H3,(H,29,30). The summed E-state index contributed by atoms with van der Waals surface area (Å²) in [5, 5.41) is 13.4. The molecule has 0 aromatic heterocycles. The van der Waals surface area contributed by atoms with Crippen molar-refractivity contribution in [1.29, 1.82) is 5.26 Å². The van der Waals surface area contributed by atoms with Gasteiger partial charge in [-0.1, -0.05) is 70.7 Å². The number of rotatable bonds is 6. The van der Waals surface area contributed by atoms with Crippen LogP contribution in [0.2, 0.25) is 15.1 Å². The molecule has 3 aromatic rings. The number of aryl methyl sites for hydroxylation is 1. The highest BCUT2D eigenvalue weighted by atomic mass is 35.5. The molecule has 0 aliphatic carbocycles. The Labute approximate surface area is 195 Å². The molecule has 4 nitrogen and oxygen atoms in total. The van der Waals surface area contributed by atoms with E-state index in [-0.39, 0.29) is 17.2 Å². The van der Waals surface area contributed by atoms with Gasteiger partial charge in [0.1, 0.15) is 24.0 Å². The van der Waals surface area contributed by atoms with Gasteiger partial charge in [0, 0.05) is 26.9 Å². The second-order valence-electron chi connectivity index (χ2n) is 6.68. The highest BCUT2D eigenvalue weighted by Crippen LogP contribution is 2.35. The summed E-state index contributed by atoms with van der Waals surface area (Å²) in [7, 11) is 0. The maximum Gasteiger partial charge on any atom is 0.266 e. The molecule has 0 radical (unpaired) electrons. The van der Waals surface area contributed by atoms with E-state index in [2.05, 4.69) is 5.32 Å². The Morgan fingerprint density at radius 2 is 1.77 bits per heavy atom. The molecule has 0 spiro atoms. The van der Waals surface area contributed by atoms with Crippen molar-refractivity contribution in [2.45, 2.75) is 13.5 Å². The number of carbonyl (C=O) groups is 1. The average Bonchev–Trinajstić information content (AvgIpc) is 2.74. The van der Waals surface area contributed by atoms with Crippen LogP contribution in [-0.2, 0) is 11.4 Å². The van der Waals surface area contributed by atoms with Gasteiger partial charge in [-0.25, -0.2) is 0 Å². The summed E-state index contributed by atoms with van der Waals surface area (Å²) in [6.07, 6.45) is 1.39. The van der Waals surface area contributed by atoms with E-state index in [4.69, 9.17) is 39.5 Å². The highest BCUT2D eigenvalue weighted by molar-refractivity contribution is 6.36. The Balaban J connectivity index is 1.89. The number of nitriles is 1. The fourth-order valence-corrected chi connectivity index (χ4v) is 3.50. The number of carbonyl (C=O) groups excluding carboxylic acids is 1. The predicted molar refractivity (Wildman–Crippen MR) is 126 cm³/mol. The number of benzene rings is 3. The summed E-state index contributed by atoms with van der Waals surface area (Å²) in [5.74, 6) is -0.263. The number of nitrogens with zero attached hydrogens (tertiary/aromatic N) is 1. The maximum absolute atomic E-state index is 12.6. The van der Waals surface area contributed by atoms with Gasteiger partial charge in [0.15, 0.2) is 0 Å². The van der Waals surface area contributed by atoms with E-state index in [1.807, 2.05) is 43.3 Å². The van der Waals surface area contributed by atoms with Crippen molar-refractivity contribution in [3.05, 3.63) is 98.0 Å². The van der Waals surface area contributed by atoms with Crippen molar-refractivity contribution in [2.75, 3.05) is 5.32 Å². The Kier molecular flexibility index (Phi) is 7.59. The minimum absolute atomic E-state index is 0.124. The molecule has 0 bridgehead atoms. The summed E-state index contributed by atoms with van der Waals surface area (Å²) in [5.41, 5.74) is 2.68. The molecule has 1 N–H and O–H groups in total. The average molecular weight is 472 g/mol. The van der Waals surface area contributed by atoms with E-state index in [0.29, 0.717) is 27.0 Å². The number of halogens is 3. The first kappa shape index (κ1) is 22.7. The molecule has 31 heavy (non-hydrogen) atoms. The first-order chi connectivity index (χ1) is 14.9. The number of hydrogen-bond acceptors (Lipinski definition) is 3. The molecule has 3 rings (SSSR count). The van der Waals surface area contributed by atoms with Crippen LogP contribution < -0.4 is 10.1 Å². The van der Waals surface area contributed by atoms with Gasteiger partial charge >= 0.3 is 0 Å². The molecule has 0 unspecified atom stereocenters. The fourth-order valence-electron chi connectivity index (χ4n) is 2.74. The van der Waals surface area contributed by atoms with Crippen LogP contribution in [0, 0.1) is 18.3 Å². The van der Waals surface area contributed by atoms with Crippen molar-refractivity contribution in [3.63, 3.8) is 0 Å². The Morgan fingerprint density at radius 3 is 2.45 bits per heavy atom. The van der Waals surface area contributed by atoms with Crippen molar-refractivity contribution < 1.29 is 9.53 Å². The molecule has 0 saturated carbocycles. The van der Waals surface area contributed by atoms with Crippen LogP contribution >= 0.6 is 34.8 Å². The molecule has 0 heterocycles. The lowest BCUT2D eigenvalue weighted by Gasteiger charge is -2.13. The molecule has 0 aliphatic rings. The van der Waals surface area contributed by atoms with Gasteiger partial charge in [-0.05, 0) is 43.3 Å². The number of ether oxygens (including phenoxy) is 1. The Bertz CT molecular complexity index is 1180. The van der Waals surface area contributed by atoms with Crippen LogP contribution in [0.1, 0.15) is 16.7 Å². The zero-order valence-electron chi connectivity index (χ0n) is 16.5. The van der Waals surface area contributed by atoms with Gasteiger partial charge in [-0.3, -0.25) is 4.79 Å². The molecule has 0 fully saturated rings. The van der Waals surface area contributed by atoms with Gasteiger partial charge in [0.05, 0.1) is 5.02 Å². The van der Waals surface area contributed by atoms with Crippen LogP contribution in [0.5, 0.6) is 5.75 Å². The second kappa shape index (κ2) is 10.4. The third-order valence-electron chi connectivity index (χ3n) is 4.34. The zero-order valence-corrected chi connectivity index (χ0v) is 18.7. The zero-order chi connectivity index (χ0) is 22.4. The lowest BCUT2D eigenvalue weighted by Crippen LogP contribution is -2.13. The normalized spacial score (nSPS) is 11.0. The highest BCUT2D eigenvalue weighted by Gasteiger charge is 2.15. The monoisotopic (exact) mass is 470 g/mol. The van der Waals surface area contributed by atoms with Crippen molar-refractivity contribution in [2.24, 2.45) is 0 Å². The SMILES string of the molecule is Cc1ccc(NC(=O)C(C#N)=Cc2cc(Cl)cc(Cl)c2OCc2ccccc2Cl)cc1. The number of hydrogen-bond donors (Lipinski definition) is 1. The van der Waals surface area contributed by atoms with Crippen molar-refractivity contribution in [3.8, 4) is 11.8 Å². The molecule has 3 aromatic carbocycles. The summed E-state index contributed by atoms with van der Waals surface area (Å²) in [6.45, 7) is 2.10. The first-order valence-corrected chi connectivity index (χ1v) is 10.4. The smallest absolute Gasteiger partial charge is 0.266 e. The maximum atomic E-state index is 12.6. The minimum atomic E-state index is -0.556. The summed E-state index contributed by atoms with van der Waals surface area (Å²) >= 11 is 18.7. The van der Waals surface area contributed by atoms with Gasteiger partial charge in [-0.2, -0.15) is 5.26 Å². The van der Waals surface area contributed by atoms with E-state index in [1.54, 1.807) is 24.3 Å². The van der Waals surface area contributed by atoms with Crippen LogP contribution in [0.15, 0.2) is 66.2 Å². The Morgan fingerprint density at radius 1 is 1.06 bits per heavy atom. The molecule has 156 valence electrons. The molecular formula is C24H17Cl3N2O2. The number of amides is 1. The summed E-state index contributed by atoms with van der Waals surface area (Å²) in [4.78, 5) is 12.6. The molecule has 0 saturated heterocycles. The molecular weight excluding hydrogens is 455 g/mol. The van der Waals surface area contributed by atoms with E-state index in [0.717, 1.165) is 11.1 Å². The second-order valence-corrected chi connectivity index (χ2v) is 7.93. The van der Waals surface area contributed by atoms with E-state index >= 15 is 0 Å². The van der Waals surface area contributed by atoms with Gasteiger partial charge in [0.2, 0.25) is 0 Å². The topological polar surface area (TPSA) is 62.1 Å². The first-order valence-electron chi connectivity index (χ1n) is 9.22. The predicted octanol–water partition coefficient (Wildman–Crippen LogP) is 7.08. The fraction of sp³-hybridized carbons (Fsp3) is 0.0833. The minimum Gasteiger partial charge on any atom is -0.487 e. The van der Waals surface area contributed by atoms with Crippen LogP contribution in [-0.4, -0.2) is 5.91 Å². The third-order valence-corrected chi connectivity index (χ3v) is 5.21. The van der Waals surface area contributed by atoms with E-state index in [9.17, 15) is 10.1 Å². The summed E-state index contributed by atoms with van der Waals surface area (Å²) in [6, 6.07) is 19.5. The van der Waals surface area contributed by atoms with Crippen molar-refractivity contribution >= 4 is 52.5 Å². The van der Waals surface area contributed by atoms with Gasteiger partial charge in [-0.15, -0.1) is 0 Å². The largest absolute Gasteiger partial charge is 0.487 e. The van der Waals surface area contributed by atoms with Crippen LogP contribution in [0.4, 0.5) is 5.69 Å². The molecule has 7 heteroatoms. The van der Waals surface area contributed by atoms with E-state index in [1.165, 1.54) is 12.1 Å². The lowest BCUT2D eigenvalue weighted by atomic mass is 10.1. The van der Waals surface area contributed by atoms with Gasteiger partial charge in [0.25, 0.3) is 5.91 Å². The van der Waals surface area contributed by atoms with Crippen molar-refractivity contribution in [1.82, 2.24) is 0 Å². The van der Waals surface area contributed by atoms with Crippen LogP contribution in [0.3, 0.4) is 0 Å². The molecule has 1 amide bonds. The van der Waals surface area contributed by atoms with Crippen LogP contribution in [0.25, 0.3) is 6.08 Å². The molecule has 0 aliphatic heterocycles. The molecule has 0 atom stereocenters. The number of anilines is 1. The number of nitrogens with one attached hydrogen (secondary N) is 1. The lowest BCUT2D eigenvalue weighted by molar-refractivity contribution is -0.112. The van der Waals surface area contributed by atoms with E-state index < -0.39 is 5.91 Å². The quantitative estimate of drug-likeness (QED) is 0.308. The summed E-state index contributed by atoms with van der Waals surface area (Å²) < 4.78 is 5.89.